The van der Waals surface area contributed by atoms with Gasteiger partial charge in [-0.1, -0.05) is 54.1 Å². The number of aromatic hydroxyl groups is 1. The van der Waals surface area contributed by atoms with Crippen LogP contribution >= 0.6 is 0 Å². The van der Waals surface area contributed by atoms with Gasteiger partial charge in [-0.3, -0.25) is 4.79 Å². The lowest BCUT2D eigenvalue weighted by Gasteiger charge is -2.07. The molecule has 2 N–H and O–H groups in total. The molecule has 0 aliphatic heterocycles. The average Bonchev–Trinajstić information content (AvgIpc) is 3.27. The fourth-order valence-electron chi connectivity index (χ4n) is 3.21. The normalized spacial score (nSPS) is 10.9. The number of phenols is 1. The van der Waals surface area contributed by atoms with E-state index in [1.807, 2.05) is 61.5 Å². The SMILES string of the molecule is COc1cccc(/C=N\NC(=O)c2cc(-c3ccc(C)cc3)n(-c3ccccc3)n2)c1O. The number of methoxy groups -OCH3 is 1. The molecule has 160 valence electrons. The van der Waals surface area contributed by atoms with Gasteiger partial charge in [-0.25, -0.2) is 10.1 Å². The molecule has 1 amide bonds. The largest absolute Gasteiger partial charge is 0.504 e. The van der Waals surface area contributed by atoms with Gasteiger partial charge in [0.15, 0.2) is 17.2 Å². The van der Waals surface area contributed by atoms with Crippen molar-refractivity contribution in [2.75, 3.05) is 7.11 Å². The van der Waals surface area contributed by atoms with Crippen LogP contribution in [0.2, 0.25) is 0 Å². The number of rotatable bonds is 6. The van der Waals surface area contributed by atoms with Crippen LogP contribution in [0.25, 0.3) is 16.9 Å². The predicted octanol–water partition coefficient (Wildman–Crippen LogP) is 4.33. The molecular weight excluding hydrogens is 404 g/mol. The van der Waals surface area contributed by atoms with E-state index in [0.29, 0.717) is 11.3 Å². The van der Waals surface area contributed by atoms with Gasteiger partial charge in [-0.2, -0.15) is 10.2 Å². The van der Waals surface area contributed by atoms with Crippen molar-refractivity contribution >= 4 is 12.1 Å². The zero-order valence-electron chi connectivity index (χ0n) is 17.7. The number of carbonyl (C=O) groups excluding carboxylic acids is 1. The summed E-state index contributed by atoms with van der Waals surface area (Å²) in [5, 5.41) is 18.6. The van der Waals surface area contributed by atoms with E-state index in [-0.39, 0.29) is 11.4 Å². The van der Waals surface area contributed by atoms with Crippen LogP contribution in [-0.2, 0) is 0 Å². The first-order chi connectivity index (χ1) is 15.6. The van der Waals surface area contributed by atoms with Crippen LogP contribution in [-0.4, -0.2) is 34.1 Å². The Morgan fingerprint density at radius 1 is 1.06 bits per heavy atom. The van der Waals surface area contributed by atoms with Gasteiger partial charge in [0.05, 0.1) is 24.7 Å². The molecule has 4 aromatic rings. The second kappa shape index (κ2) is 9.18. The summed E-state index contributed by atoms with van der Waals surface area (Å²) in [6, 6.07) is 24.4. The Morgan fingerprint density at radius 2 is 1.81 bits per heavy atom. The second-order valence-corrected chi connectivity index (χ2v) is 7.13. The number of amides is 1. The summed E-state index contributed by atoms with van der Waals surface area (Å²) in [6.45, 7) is 2.02. The van der Waals surface area contributed by atoms with Gasteiger partial charge in [-0.15, -0.1) is 0 Å². The molecule has 4 rings (SSSR count). The molecule has 0 unspecified atom stereocenters. The van der Waals surface area contributed by atoms with Crippen molar-refractivity contribution in [3.05, 3.63) is 95.7 Å². The zero-order chi connectivity index (χ0) is 22.5. The number of hydrazone groups is 1. The van der Waals surface area contributed by atoms with Gasteiger partial charge in [0, 0.05) is 11.1 Å². The molecule has 0 bridgehead atoms. The number of aryl methyl sites for hydroxylation is 1. The van der Waals surface area contributed by atoms with Crippen LogP contribution in [0.5, 0.6) is 11.5 Å². The van der Waals surface area contributed by atoms with Crippen molar-refractivity contribution in [1.82, 2.24) is 15.2 Å². The lowest BCUT2D eigenvalue weighted by atomic mass is 10.1. The maximum Gasteiger partial charge on any atom is 0.291 e. The van der Waals surface area contributed by atoms with Crippen LogP contribution in [0, 0.1) is 6.92 Å². The van der Waals surface area contributed by atoms with Crippen LogP contribution < -0.4 is 10.2 Å². The van der Waals surface area contributed by atoms with E-state index in [4.69, 9.17) is 4.74 Å². The van der Waals surface area contributed by atoms with Crippen molar-refractivity contribution in [2.45, 2.75) is 6.92 Å². The Morgan fingerprint density at radius 3 is 2.53 bits per heavy atom. The van der Waals surface area contributed by atoms with Crippen LogP contribution in [0.3, 0.4) is 0 Å². The molecule has 0 saturated carbocycles. The molecule has 0 fully saturated rings. The molecule has 0 aliphatic carbocycles. The number of nitrogens with one attached hydrogen (secondary N) is 1. The van der Waals surface area contributed by atoms with Crippen molar-refractivity contribution < 1.29 is 14.6 Å². The molecule has 0 aliphatic rings. The topological polar surface area (TPSA) is 88.7 Å². The van der Waals surface area contributed by atoms with Crippen molar-refractivity contribution in [2.24, 2.45) is 5.10 Å². The van der Waals surface area contributed by atoms with E-state index in [2.05, 4.69) is 15.6 Å². The quantitative estimate of drug-likeness (QED) is 0.355. The maximum atomic E-state index is 12.7. The van der Waals surface area contributed by atoms with Gasteiger partial charge in [0.1, 0.15) is 0 Å². The second-order valence-electron chi connectivity index (χ2n) is 7.13. The predicted molar refractivity (Wildman–Crippen MR) is 123 cm³/mol. The van der Waals surface area contributed by atoms with E-state index < -0.39 is 5.91 Å². The molecule has 1 aromatic heterocycles. The summed E-state index contributed by atoms with van der Waals surface area (Å²) >= 11 is 0. The minimum absolute atomic E-state index is 0.0528. The van der Waals surface area contributed by atoms with E-state index in [9.17, 15) is 9.90 Å². The number of aromatic nitrogens is 2. The van der Waals surface area contributed by atoms with Gasteiger partial charge in [0.2, 0.25) is 0 Å². The van der Waals surface area contributed by atoms with E-state index >= 15 is 0 Å². The third kappa shape index (κ3) is 4.37. The van der Waals surface area contributed by atoms with Gasteiger partial charge in [0.25, 0.3) is 5.91 Å². The van der Waals surface area contributed by atoms with Gasteiger partial charge in [-0.05, 0) is 37.3 Å². The molecular formula is C25H22N4O3. The molecule has 1 heterocycles. The third-order valence-corrected chi connectivity index (χ3v) is 4.91. The summed E-state index contributed by atoms with van der Waals surface area (Å²) in [7, 11) is 1.46. The minimum Gasteiger partial charge on any atom is -0.504 e. The monoisotopic (exact) mass is 426 g/mol. The van der Waals surface area contributed by atoms with Crippen molar-refractivity contribution in [3.8, 4) is 28.4 Å². The molecule has 0 radical (unpaired) electrons. The summed E-state index contributed by atoms with van der Waals surface area (Å²) in [5.74, 6) is -0.195. The Bertz CT molecular complexity index is 1260. The Kier molecular flexibility index (Phi) is 5.98. The first-order valence-corrected chi connectivity index (χ1v) is 9.98. The lowest BCUT2D eigenvalue weighted by molar-refractivity contribution is 0.0949. The highest BCUT2D eigenvalue weighted by atomic mass is 16.5. The van der Waals surface area contributed by atoms with Crippen molar-refractivity contribution in [1.29, 1.82) is 0 Å². The minimum atomic E-state index is -0.466. The fourth-order valence-corrected chi connectivity index (χ4v) is 3.21. The third-order valence-electron chi connectivity index (χ3n) is 4.91. The van der Waals surface area contributed by atoms with Gasteiger partial charge >= 0.3 is 0 Å². The van der Waals surface area contributed by atoms with Crippen LogP contribution in [0.4, 0.5) is 0 Å². The number of hydrogen-bond donors (Lipinski definition) is 2. The number of carbonyl (C=O) groups is 1. The summed E-state index contributed by atoms with van der Waals surface area (Å²) in [5.41, 5.74) is 6.82. The molecule has 32 heavy (non-hydrogen) atoms. The molecule has 7 nitrogen and oxygen atoms in total. The van der Waals surface area contributed by atoms with Crippen LogP contribution in [0.15, 0.2) is 84.0 Å². The molecule has 0 spiro atoms. The number of hydrogen-bond acceptors (Lipinski definition) is 5. The first kappa shape index (κ1) is 20.9. The van der Waals surface area contributed by atoms with Crippen molar-refractivity contribution in [3.63, 3.8) is 0 Å². The Balaban J connectivity index is 1.62. The molecule has 0 saturated heterocycles. The van der Waals surface area contributed by atoms with E-state index in [0.717, 1.165) is 22.5 Å². The maximum absolute atomic E-state index is 12.7. The van der Waals surface area contributed by atoms with Crippen LogP contribution in [0.1, 0.15) is 21.6 Å². The lowest BCUT2D eigenvalue weighted by Crippen LogP contribution is -2.18. The summed E-state index contributed by atoms with van der Waals surface area (Å²) < 4.78 is 6.81. The molecule has 0 atom stereocenters. The smallest absolute Gasteiger partial charge is 0.291 e. The highest BCUT2D eigenvalue weighted by Crippen LogP contribution is 2.28. The number of ether oxygens (including phenoxy) is 1. The Hall–Kier alpha value is -4.39. The fraction of sp³-hybridized carbons (Fsp3) is 0.0800. The number of para-hydroxylation sites is 2. The highest BCUT2D eigenvalue weighted by Gasteiger charge is 2.16. The molecule has 7 heteroatoms. The number of nitrogens with zero attached hydrogens (tertiary/aromatic N) is 3. The summed E-state index contributed by atoms with van der Waals surface area (Å²) in [6.07, 6.45) is 1.35. The zero-order valence-corrected chi connectivity index (χ0v) is 17.7. The van der Waals surface area contributed by atoms with E-state index in [1.165, 1.54) is 13.3 Å². The average molecular weight is 426 g/mol. The first-order valence-electron chi connectivity index (χ1n) is 9.98. The standard InChI is InChI=1S/C25H22N4O3/c1-17-11-13-18(14-12-17)22-15-21(28-29(22)20-8-4-3-5-9-20)25(31)27-26-16-19-7-6-10-23(32-2)24(19)30/h3-16,30H,1-2H3,(H,27,31)/b26-16-. The number of benzene rings is 3. The Labute approximate surface area is 185 Å². The molecule has 3 aromatic carbocycles. The number of phenolic OH excluding ortho intramolecular Hbond substituents is 1. The summed E-state index contributed by atoms with van der Waals surface area (Å²) in [4.78, 5) is 12.7. The highest BCUT2D eigenvalue weighted by molar-refractivity contribution is 5.94. The van der Waals surface area contributed by atoms with Gasteiger partial charge < -0.3 is 9.84 Å². The van der Waals surface area contributed by atoms with E-state index in [1.54, 1.807) is 28.9 Å².